The summed E-state index contributed by atoms with van der Waals surface area (Å²) in [6, 6.07) is 16.3. The molecule has 3 aromatic rings. The average Bonchev–Trinajstić information content (AvgIpc) is 3.15. The van der Waals surface area contributed by atoms with Crippen LogP contribution in [0.2, 0.25) is 0 Å². The first-order chi connectivity index (χ1) is 14.7. The van der Waals surface area contributed by atoms with Crippen molar-refractivity contribution in [2.75, 3.05) is 6.54 Å². The van der Waals surface area contributed by atoms with Gasteiger partial charge in [0.2, 0.25) is 5.78 Å². The molecule has 1 atom stereocenters. The number of Topliss-reactive ketones (excluding diaryl/α,β-unsaturated/α-hetero) is 1. The topological polar surface area (TPSA) is 97.5 Å². The Labute approximate surface area is 180 Å². The predicted molar refractivity (Wildman–Crippen MR) is 117 cm³/mol. The fraction of sp³-hybridized carbons (Fsp3) is 0.292. The zero-order chi connectivity index (χ0) is 22.4. The van der Waals surface area contributed by atoms with Gasteiger partial charge in [0.05, 0.1) is 6.42 Å². The molecule has 0 bridgehead atoms. The van der Waals surface area contributed by atoms with Crippen LogP contribution in [-0.2, 0) is 14.3 Å². The van der Waals surface area contributed by atoms with Gasteiger partial charge in [-0.15, -0.1) is 0 Å². The summed E-state index contributed by atoms with van der Waals surface area (Å²) in [5.41, 5.74) is 1.22. The summed E-state index contributed by atoms with van der Waals surface area (Å²) in [7, 11) is 0. The van der Waals surface area contributed by atoms with Crippen LogP contribution < -0.4 is 5.32 Å². The molecule has 0 spiro atoms. The zero-order valence-electron chi connectivity index (χ0n) is 17.8. The molecule has 1 heterocycles. The van der Waals surface area contributed by atoms with E-state index in [-0.39, 0.29) is 18.7 Å². The molecule has 162 valence electrons. The molecule has 0 unspecified atom stereocenters. The third kappa shape index (κ3) is 5.94. The lowest BCUT2D eigenvalue weighted by molar-refractivity contribution is -0.147. The maximum Gasteiger partial charge on any atom is 0.407 e. The molecule has 2 aromatic carbocycles. The van der Waals surface area contributed by atoms with Crippen molar-refractivity contribution in [1.29, 1.82) is 0 Å². The number of carbonyl (C=O) groups excluding carboxylic acids is 3. The van der Waals surface area contributed by atoms with Crippen LogP contribution in [0.1, 0.15) is 49.2 Å². The molecule has 0 saturated carbocycles. The third-order valence-corrected chi connectivity index (χ3v) is 4.44. The number of aromatic amines is 1. The van der Waals surface area contributed by atoms with E-state index in [1.165, 1.54) is 0 Å². The second-order valence-electron chi connectivity index (χ2n) is 8.07. The Morgan fingerprint density at radius 3 is 2.39 bits per heavy atom. The van der Waals surface area contributed by atoms with E-state index in [0.717, 1.165) is 10.9 Å². The standard InChI is InChI=1S/C24H26N2O5/c1-24(2,3)31-23(29)25-14-13-20(27)30-22(16-9-5-4-6-10-16)21(28)18-15-26-19-12-8-7-11-17(18)19/h4-12,15,22,26H,13-14H2,1-3H3,(H,25,29)/t22-/m1/s1. The van der Waals surface area contributed by atoms with Gasteiger partial charge in [-0.05, 0) is 26.8 Å². The van der Waals surface area contributed by atoms with E-state index in [2.05, 4.69) is 10.3 Å². The molecule has 2 N–H and O–H groups in total. The van der Waals surface area contributed by atoms with Crippen LogP contribution in [0, 0.1) is 0 Å². The number of aromatic nitrogens is 1. The zero-order valence-corrected chi connectivity index (χ0v) is 17.8. The Kier molecular flexibility index (Phi) is 6.74. The summed E-state index contributed by atoms with van der Waals surface area (Å²) in [5.74, 6) is -0.921. The van der Waals surface area contributed by atoms with Crippen LogP contribution in [-0.4, -0.2) is 35.0 Å². The summed E-state index contributed by atoms with van der Waals surface area (Å²) in [4.78, 5) is 40.6. The number of nitrogens with one attached hydrogen (secondary N) is 2. The van der Waals surface area contributed by atoms with Gasteiger partial charge in [-0.25, -0.2) is 4.79 Å². The van der Waals surface area contributed by atoms with Gasteiger partial charge in [0.1, 0.15) is 5.60 Å². The number of fused-ring (bicyclic) bond motifs is 1. The fourth-order valence-electron chi connectivity index (χ4n) is 3.09. The molecule has 0 fully saturated rings. The molecule has 1 aromatic heterocycles. The number of alkyl carbamates (subject to hydrolysis) is 1. The number of ketones is 1. The van der Waals surface area contributed by atoms with Gasteiger partial charge in [-0.1, -0.05) is 48.5 Å². The van der Waals surface area contributed by atoms with Gasteiger partial charge in [0.15, 0.2) is 6.10 Å². The fourth-order valence-corrected chi connectivity index (χ4v) is 3.09. The normalized spacial score (nSPS) is 12.2. The molecule has 0 aliphatic heterocycles. The second kappa shape index (κ2) is 9.47. The van der Waals surface area contributed by atoms with Crippen molar-refractivity contribution < 1.29 is 23.9 Å². The molecule has 3 rings (SSSR count). The molecule has 0 aliphatic rings. The Balaban J connectivity index is 1.71. The lowest BCUT2D eigenvalue weighted by atomic mass is 9.99. The molecular formula is C24H26N2O5. The van der Waals surface area contributed by atoms with Gasteiger partial charge >= 0.3 is 12.1 Å². The van der Waals surface area contributed by atoms with E-state index in [1.54, 1.807) is 51.2 Å². The number of para-hydroxylation sites is 1. The molecule has 7 heteroatoms. The van der Waals surface area contributed by atoms with Crippen molar-refractivity contribution in [2.24, 2.45) is 0 Å². The average molecular weight is 422 g/mol. The summed E-state index contributed by atoms with van der Waals surface area (Å²) >= 11 is 0. The van der Waals surface area contributed by atoms with Crippen LogP contribution >= 0.6 is 0 Å². The van der Waals surface area contributed by atoms with Crippen molar-refractivity contribution >= 4 is 28.7 Å². The maximum atomic E-state index is 13.3. The lowest BCUT2D eigenvalue weighted by Gasteiger charge is -2.20. The number of ether oxygens (including phenoxy) is 2. The number of esters is 1. The maximum absolute atomic E-state index is 13.3. The summed E-state index contributed by atoms with van der Waals surface area (Å²) in [6.07, 6.45) is -0.172. The molecule has 0 saturated heterocycles. The van der Waals surface area contributed by atoms with Crippen LogP contribution in [0.3, 0.4) is 0 Å². The molecule has 0 radical (unpaired) electrons. The van der Waals surface area contributed by atoms with Crippen molar-refractivity contribution in [3.63, 3.8) is 0 Å². The van der Waals surface area contributed by atoms with Crippen molar-refractivity contribution in [3.8, 4) is 0 Å². The molecule has 0 aliphatic carbocycles. The summed E-state index contributed by atoms with van der Waals surface area (Å²) in [5, 5.41) is 3.27. The van der Waals surface area contributed by atoms with E-state index < -0.39 is 23.8 Å². The number of benzene rings is 2. The highest BCUT2D eigenvalue weighted by Crippen LogP contribution is 2.27. The number of H-pyrrole nitrogens is 1. The number of carbonyl (C=O) groups is 3. The number of rotatable bonds is 7. The van der Waals surface area contributed by atoms with Gasteiger partial charge in [-0.3, -0.25) is 9.59 Å². The minimum absolute atomic E-state index is 0.0382. The van der Waals surface area contributed by atoms with E-state index in [1.807, 2.05) is 30.3 Å². The number of hydrogen-bond acceptors (Lipinski definition) is 5. The van der Waals surface area contributed by atoms with Crippen molar-refractivity contribution in [3.05, 3.63) is 71.9 Å². The quantitative estimate of drug-likeness (QED) is 0.430. The lowest BCUT2D eigenvalue weighted by Crippen LogP contribution is -2.34. The van der Waals surface area contributed by atoms with E-state index >= 15 is 0 Å². The van der Waals surface area contributed by atoms with Crippen LogP contribution in [0.25, 0.3) is 10.9 Å². The van der Waals surface area contributed by atoms with Crippen LogP contribution in [0.5, 0.6) is 0 Å². The minimum atomic E-state index is -1.09. The molecule has 31 heavy (non-hydrogen) atoms. The Morgan fingerprint density at radius 2 is 1.68 bits per heavy atom. The van der Waals surface area contributed by atoms with Gasteiger partial charge in [-0.2, -0.15) is 0 Å². The second-order valence-corrected chi connectivity index (χ2v) is 8.07. The van der Waals surface area contributed by atoms with Gasteiger partial charge in [0, 0.05) is 34.8 Å². The smallest absolute Gasteiger partial charge is 0.407 e. The molecule has 7 nitrogen and oxygen atoms in total. The first-order valence-electron chi connectivity index (χ1n) is 10.1. The van der Waals surface area contributed by atoms with Gasteiger partial charge < -0.3 is 19.8 Å². The number of hydrogen-bond donors (Lipinski definition) is 2. The van der Waals surface area contributed by atoms with E-state index in [4.69, 9.17) is 9.47 Å². The Bertz CT molecular complexity index is 1070. The first-order valence-corrected chi connectivity index (χ1v) is 10.1. The van der Waals surface area contributed by atoms with Gasteiger partial charge in [0.25, 0.3) is 0 Å². The van der Waals surface area contributed by atoms with Crippen LogP contribution in [0.15, 0.2) is 60.8 Å². The summed E-state index contributed by atoms with van der Waals surface area (Å²) in [6.45, 7) is 5.29. The third-order valence-electron chi connectivity index (χ3n) is 4.44. The highest BCUT2D eigenvalue weighted by Gasteiger charge is 2.28. The number of amides is 1. The minimum Gasteiger partial charge on any atom is -0.449 e. The van der Waals surface area contributed by atoms with Crippen LogP contribution in [0.4, 0.5) is 4.79 Å². The SMILES string of the molecule is CC(C)(C)OC(=O)NCCC(=O)O[C@@H](C(=O)c1c[nH]c2ccccc12)c1ccccc1. The molecular weight excluding hydrogens is 396 g/mol. The van der Waals surface area contributed by atoms with E-state index in [9.17, 15) is 14.4 Å². The van der Waals surface area contributed by atoms with E-state index in [0.29, 0.717) is 11.1 Å². The largest absolute Gasteiger partial charge is 0.449 e. The Hall–Kier alpha value is -3.61. The molecule has 1 amide bonds. The van der Waals surface area contributed by atoms with Crippen molar-refractivity contribution in [1.82, 2.24) is 10.3 Å². The first kappa shape index (κ1) is 22.1. The van der Waals surface area contributed by atoms with Crippen molar-refractivity contribution in [2.45, 2.75) is 38.9 Å². The monoisotopic (exact) mass is 422 g/mol. The highest BCUT2D eigenvalue weighted by atomic mass is 16.6. The Morgan fingerprint density at radius 1 is 1.00 bits per heavy atom. The highest BCUT2D eigenvalue weighted by molar-refractivity contribution is 6.10. The predicted octanol–water partition coefficient (Wildman–Crippen LogP) is 4.55. The summed E-state index contributed by atoms with van der Waals surface area (Å²) < 4.78 is 10.7.